The van der Waals surface area contributed by atoms with Crippen LogP contribution in [0.5, 0.6) is 0 Å². The molecular weight excluding hydrogens is 248 g/mol. The van der Waals surface area contributed by atoms with Crippen molar-refractivity contribution in [2.24, 2.45) is 11.3 Å². The van der Waals surface area contributed by atoms with E-state index in [0.717, 1.165) is 38.4 Å². The van der Waals surface area contributed by atoms with E-state index in [2.05, 4.69) is 40.5 Å². The van der Waals surface area contributed by atoms with Crippen LogP contribution < -0.4 is 5.32 Å². The van der Waals surface area contributed by atoms with Crippen molar-refractivity contribution in [3.8, 4) is 0 Å². The van der Waals surface area contributed by atoms with Crippen molar-refractivity contribution in [3.63, 3.8) is 0 Å². The van der Waals surface area contributed by atoms with Crippen molar-refractivity contribution in [2.75, 3.05) is 19.6 Å². The van der Waals surface area contributed by atoms with E-state index in [1.807, 2.05) is 0 Å². The van der Waals surface area contributed by atoms with E-state index in [9.17, 15) is 4.79 Å². The van der Waals surface area contributed by atoms with Crippen molar-refractivity contribution in [1.29, 1.82) is 0 Å². The maximum absolute atomic E-state index is 12.8. The second-order valence-electron chi connectivity index (χ2n) is 6.62. The Kier molecular flexibility index (Phi) is 2.84. The number of hydrogen-bond donors (Lipinski definition) is 1. The van der Waals surface area contributed by atoms with Gasteiger partial charge in [0.05, 0.1) is 11.5 Å². The smallest absolute Gasteiger partial charge is 0.231 e. The van der Waals surface area contributed by atoms with E-state index < -0.39 is 0 Å². The monoisotopic (exact) mass is 270 g/mol. The zero-order valence-corrected chi connectivity index (χ0v) is 11.8. The van der Waals surface area contributed by atoms with Gasteiger partial charge in [-0.05, 0) is 50.3 Å². The van der Waals surface area contributed by atoms with Gasteiger partial charge >= 0.3 is 0 Å². The lowest BCUT2D eigenvalue weighted by molar-refractivity contribution is -0.178. The molecule has 1 aliphatic carbocycles. The molecule has 20 heavy (non-hydrogen) atoms. The van der Waals surface area contributed by atoms with Crippen LogP contribution >= 0.6 is 0 Å². The van der Waals surface area contributed by atoms with E-state index in [1.165, 1.54) is 18.4 Å². The zero-order chi connectivity index (χ0) is 13.6. The Morgan fingerprint density at radius 2 is 1.85 bits per heavy atom. The zero-order valence-electron chi connectivity index (χ0n) is 11.8. The van der Waals surface area contributed by atoms with E-state index in [-0.39, 0.29) is 5.41 Å². The average molecular weight is 270 g/mol. The molecule has 0 bridgehead atoms. The van der Waals surface area contributed by atoms with Crippen LogP contribution in [-0.2, 0) is 4.79 Å². The third-order valence-electron chi connectivity index (χ3n) is 5.28. The summed E-state index contributed by atoms with van der Waals surface area (Å²) in [4.78, 5) is 14.9. The number of likely N-dealkylation sites (tertiary alicyclic amines) is 1. The Hall–Kier alpha value is -1.35. The fourth-order valence-electron chi connectivity index (χ4n) is 4.01. The Labute approximate surface area is 120 Å². The summed E-state index contributed by atoms with van der Waals surface area (Å²) in [5.74, 6) is 1.18. The molecule has 2 saturated heterocycles. The van der Waals surface area contributed by atoms with E-state index in [0.29, 0.717) is 11.9 Å². The molecule has 1 aromatic carbocycles. The number of benzene rings is 1. The van der Waals surface area contributed by atoms with Gasteiger partial charge in [-0.1, -0.05) is 30.3 Å². The molecule has 1 aromatic rings. The standard InChI is InChI=1S/C17H22N2O/c20-16-17(8-10-18-11-9-17)15(14-4-2-1-3-5-14)19(16)12-13-6-7-13/h1-5,13,15,18H,6-12H2/t15-/m1/s1. The maximum Gasteiger partial charge on any atom is 0.231 e. The van der Waals surface area contributed by atoms with Gasteiger partial charge in [-0.15, -0.1) is 0 Å². The lowest BCUT2D eigenvalue weighted by Gasteiger charge is -2.58. The van der Waals surface area contributed by atoms with Crippen molar-refractivity contribution >= 4 is 5.91 Å². The summed E-state index contributed by atoms with van der Waals surface area (Å²) in [6.07, 6.45) is 4.60. The third-order valence-corrected chi connectivity index (χ3v) is 5.28. The summed E-state index contributed by atoms with van der Waals surface area (Å²) >= 11 is 0. The van der Waals surface area contributed by atoms with Crippen LogP contribution in [0.1, 0.15) is 37.3 Å². The normalized spacial score (nSPS) is 28.5. The molecule has 2 heterocycles. The molecule has 1 amide bonds. The molecule has 4 rings (SSSR count). The molecule has 3 fully saturated rings. The quantitative estimate of drug-likeness (QED) is 0.855. The Morgan fingerprint density at radius 1 is 1.15 bits per heavy atom. The SMILES string of the molecule is O=C1N(CC2CC2)[C@H](c2ccccc2)C12CCNCC2. The number of rotatable bonds is 3. The number of nitrogens with one attached hydrogen (secondary N) is 1. The molecule has 1 N–H and O–H groups in total. The van der Waals surface area contributed by atoms with Gasteiger partial charge < -0.3 is 10.2 Å². The van der Waals surface area contributed by atoms with Crippen LogP contribution in [0.3, 0.4) is 0 Å². The van der Waals surface area contributed by atoms with Gasteiger partial charge in [0.15, 0.2) is 0 Å². The first-order valence-electron chi connectivity index (χ1n) is 7.88. The highest BCUT2D eigenvalue weighted by molar-refractivity contribution is 5.91. The van der Waals surface area contributed by atoms with Crippen molar-refractivity contribution in [1.82, 2.24) is 10.2 Å². The molecule has 1 atom stereocenters. The Bertz CT molecular complexity index is 503. The Balaban J connectivity index is 1.66. The molecule has 1 saturated carbocycles. The van der Waals surface area contributed by atoms with Gasteiger partial charge in [0.1, 0.15) is 0 Å². The summed E-state index contributed by atoms with van der Waals surface area (Å²) in [7, 11) is 0. The van der Waals surface area contributed by atoms with Crippen LogP contribution in [-0.4, -0.2) is 30.4 Å². The molecule has 3 aliphatic rings. The van der Waals surface area contributed by atoms with Gasteiger partial charge in [0.25, 0.3) is 0 Å². The number of nitrogens with zero attached hydrogens (tertiary/aromatic N) is 1. The topological polar surface area (TPSA) is 32.3 Å². The number of carbonyl (C=O) groups is 1. The van der Waals surface area contributed by atoms with Gasteiger partial charge in [-0.25, -0.2) is 0 Å². The highest BCUT2D eigenvalue weighted by Gasteiger charge is 2.61. The number of carbonyl (C=O) groups excluding carboxylic acids is 1. The van der Waals surface area contributed by atoms with E-state index >= 15 is 0 Å². The van der Waals surface area contributed by atoms with Crippen LogP contribution in [0.2, 0.25) is 0 Å². The summed E-state index contributed by atoms with van der Waals surface area (Å²) in [6.45, 7) is 2.94. The highest BCUT2D eigenvalue weighted by Crippen LogP contribution is 2.56. The lowest BCUT2D eigenvalue weighted by Crippen LogP contribution is -2.66. The van der Waals surface area contributed by atoms with Gasteiger partial charge in [-0.2, -0.15) is 0 Å². The summed E-state index contributed by atoms with van der Waals surface area (Å²) in [6, 6.07) is 11.0. The average Bonchev–Trinajstić information content (AvgIpc) is 3.32. The first-order chi connectivity index (χ1) is 9.81. The summed E-state index contributed by atoms with van der Waals surface area (Å²) in [5.41, 5.74) is 1.22. The molecule has 2 aliphatic heterocycles. The second-order valence-corrected chi connectivity index (χ2v) is 6.62. The molecule has 106 valence electrons. The minimum atomic E-state index is -0.110. The fourth-order valence-corrected chi connectivity index (χ4v) is 4.01. The van der Waals surface area contributed by atoms with Gasteiger partial charge in [0.2, 0.25) is 5.91 Å². The highest BCUT2D eigenvalue weighted by atomic mass is 16.2. The predicted octanol–water partition coefficient (Wildman–Crippen LogP) is 2.35. The van der Waals surface area contributed by atoms with E-state index in [4.69, 9.17) is 0 Å². The second kappa shape index (κ2) is 4.59. The molecular formula is C17H22N2O. The number of hydrogen-bond acceptors (Lipinski definition) is 2. The molecule has 3 nitrogen and oxygen atoms in total. The Morgan fingerprint density at radius 3 is 2.50 bits per heavy atom. The first-order valence-corrected chi connectivity index (χ1v) is 7.88. The molecule has 0 unspecified atom stereocenters. The third kappa shape index (κ3) is 1.80. The maximum atomic E-state index is 12.8. The van der Waals surface area contributed by atoms with Gasteiger partial charge in [0, 0.05) is 6.54 Å². The van der Waals surface area contributed by atoms with Crippen LogP contribution in [0.15, 0.2) is 30.3 Å². The molecule has 0 aromatic heterocycles. The number of β-lactam (4-membered cyclic amide) rings is 1. The summed E-state index contributed by atoms with van der Waals surface area (Å²) in [5, 5.41) is 3.40. The number of amides is 1. The molecule has 1 spiro atoms. The van der Waals surface area contributed by atoms with Crippen LogP contribution in [0.25, 0.3) is 0 Å². The van der Waals surface area contributed by atoms with Gasteiger partial charge in [-0.3, -0.25) is 4.79 Å². The summed E-state index contributed by atoms with van der Waals surface area (Å²) < 4.78 is 0. The number of piperidine rings is 1. The van der Waals surface area contributed by atoms with Crippen molar-refractivity contribution in [3.05, 3.63) is 35.9 Å². The van der Waals surface area contributed by atoms with Crippen molar-refractivity contribution in [2.45, 2.75) is 31.7 Å². The fraction of sp³-hybridized carbons (Fsp3) is 0.588. The van der Waals surface area contributed by atoms with Crippen LogP contribution in [0, 0.1) is 11.3 Å². The predicted molar refractivity (Wildman–Crippen MR) is 78.2 cm³/mol. The van der Waals surface area contributed by atoms with Crippen molar-refractivity contribution < 1.29 is 4.79 Å². The minimum absolute atomic E-state index is 0.110. The first kappa shape index (κ1) is 12.4. The van der Waals surface area contributed by atoms with Crippen LogP contribution in [0.4, 0.5) is 0 Å². The lowest BCUT2D eigenvalue weighted by atomic mass is 9.62. The largest absolute Gasteiger partial charge is 0.334 e. The molecule has 0 radical (unpaired) electrons. The van der Waals surface area contributed by atoms with E-state index in [1.54, 1.807) is 0 Å². The molecule has 3 heteroatoms. The minimum Gasteiger partial charge on any atom is -0.334 e.